The molecule has 0 heterocycles. The highest BCUT2D eigenvalue weighted by Gasteiger charge is 2.03. The van der Waals surface area contributed by atoms with E-state index in [1.165, 1.54) is 6.07 Å². The molecule has 0 spiro atoms. The van der Waals surface area contributed by atoms with Crippen molar-refractivity contribution in [2.24, 2.45) is 0 Å². The van der Waals surface area contributed by atoms with Crippen LogP contribution in [0.5, 0.6) is 0 Å². The molecular weight excluding hydrogens is 271 g/mol. The zero-order chi connectivity index (χ0) is 15.1. The van der Waals surface area contributed by atoms with Crippen LogP contribution < -0.4 is 10.8 Å². The number of amides is 2. The van der Waals surface area contributed by atoms with Gasteiger partial charge in [0.25, 0.3) is 0 Å². The van der Waals surface area contributed by atoms with Crippen LogP contribution in [-0.4, -0.2) is 6.03 Å². The number of halogens is 1. The van der Waals surface area contributed by atoms with Gasteiger partial charge in [0.15, 0.2) is 0 Å². The predicted molar refractivity (Wildman–Crippen MR) is 77.7 cm³/mol. The molecule has 0 saturated carbocycles. The van der Waals surface area contributed by atoms with E-state index in [1.54, 1.807) is 19.1 Å². The summed E-state index contributed by atoms with van der Waals surface area (Å²) >= 11 is 0. The maximum Gasteiger partial charge on any atom is 0.338 e. The van der Waals surface area contributed by atoms with Gasteiger partial charge in [0.1, 0.15) is 5.82 Å². The number of hydrogen-bond acceptors (Lipinski definition) is 2. The van der Waals surface area contributed by atoms with E-state index in [4.69, 9.17) is 4.84 Å². The summed E-state index contributed by atoms with van der Waals surface area (Å²) in [6.07, 6.45) is 0. The third-order valence-corrected chi connectivity index (χ3v) is 2.94. The molecule has 110 valence electrons. The van der Waals surface area contributed by atoms with E-state index in [0.717, 1.165) is 5.56 Å². The Bertz CT molecular complexity index is 602. The van der Waals surface area contributed by atoms with Crippen molar-refractivity contribution in [2.75, 3.05) is 0 Å². The van der Waals surface area contributed by atoms with Crippen LogP contribution in [0.3, 0.4) is 0 Å². The number of benzene rings is 2. The van der Waals surface area contributed by atoms with Gasteiger partial charge in [-0.25, -0.2) is 14.7 Å². The minimum absolute atomic E-state index is 0.234. The smallest absolute Gasteiger partial charge is 0.332 e. The highest BCUT2D eigenvalue weighted by Crippen LogP contribution is 2.08. The van der Waals surface area contributed by atoms with Gasteiger partial charge in [-0.1, -0.05) is 42.5 Å². The van der Waals surface area contributed by atoms with Gasteiger partial charge < -0.3 is 5.32 Å². The van der Waals surface area contributed by atoms with Gasteiger partial charge >= 0.3 is 6.03 Å². The summed E-state index contributed by atoms with van der Waals surface area (Å²) in [5.41, 5.74) is 4.51. The van der Waals surface area contributed by atoms with Gasteiger partial charge in [0, 0.05) is 6.54 Å². The monoisotopic (exact) mass is 288 g/mol. The maximum absolute atomic E-state index is 13.3. The number of rotatable bonds is 5. The van der Waals surface area contributed by atoms with E-state index in [2.05, 4.69) is 10.8 Å². The summed E-state index contributed by atoms with van der Waals surface area (Å²) in [4.78, 5) is 16.6. The molecule has 2 rings (SSSR count). The molecule has 0 aliphatic heterocycles. The van der Waals surface area contributed by atoms with E-state index in [-0.39, 0.29) is 19.0 Å². The Morgan fingerprint density at radius 3 is 2.62 bits per heavy atom. The molecule has 0 aliphatic rings. The largest absolute Gasteiger partial charge is 0.338 e. The van der Waals surface area contributed by atoms with Crippen molar-refractivity contribution in [1.82, 2.24) is 10.8 Å². The van der Waals surface area contributed by atoms with Gasteiger partial charge in [-0.3, -0.25) is 4.84 Å². The first-order valence-electron chi connectivity index (χ1n) is 6.60. The second kappa shape index (κ2) is 7.40. The number of urea groups is 1. The van der Waals surface area contributed by atoms with Crippen LogP contribution in [0.4, 0.5) is 9.18 Å². The summed E-state index contributed by atoms with van der Waals surface area (Å²) in [6.45, 7) is 2.21. The Morgan fingerprint density at radius 1 is 1.14 bits per heavy atom. The lowest BCUT2D eigenvalue weighted by atomic mass is 10.1. The van der Waals surface area contributed by atoms with Gasteiger partial charge in [-0.05, 0) is 29.7 Å². The Kier molecular flexibility index (Phi) is 5.29. The second-order valence-corrected chi connectivity index (χ2v) is 4.64. The van der Waals surface area contributed by atoms with Crippen LogP contribution in [0.15, 0.2) is 48.5 Å². The maximum atomic E-state index is 13.3. The average molecular weight is 288 g/mol. The van der Waals surface area contributed by atoms with Gasteiger partial charge in [-0.2, -0.15) is 0 Å². The number of nitrogens with one attached hydrogen (secondary N) is 2. The van der Waals surface area contributed by atoms with Crippen LogP contribution in [0.25, 0.3) is 0 Å². The Balaban J connectivity index is 1.71. The first kappa shape index (κ1) is 15.0. The Hall–Kier alpha value is -2.40. The number of carbonyl (C=O) groups excluding carboxylic acids is 1. The summed E-state index contributed by atoms with van der Waals surface area (Å²) in [5.74, 6) is -0.282. The molecule has 0 saturated heterocycles. The predicted octanol–water partition coefficient (Wildman–Crippen LogP) is 3.07. The molecule has 2 aromatic rings. The molecule has 2 aromatic carbocycles. The summed E-state index contributed by atoms with van der Waals surface area (Å²) in [5, 5.41) is 2.59. The quantitative estimate of drug-likeness (QED) is 0.831. The van der Waals surface area contributed by atoms with E-state index < -0.39 is 6.03 Å². The van der Waals surface area contributed by atoms with E-state index in [0.29, 0.717) is 11.1 Å². The number of aryl methyl sites for hydroxylation is 1. The molecule has 0 atom stereocenters. The van der Waals surface area contributed by atoms with Crippen molar-refractivity contribution in [3.8, 4) is 0 Å². The van der Waals surface area contributed by atoms with Crippen LogP contribution in [-0.2, 0) is 18.0 Å². The molecule has 4 nitrogen and oxygen atoms in total. The summed E-state index contributed by atoms with van der Waals surface area (Å²) in [7, 11) is 0. The molecule has 0 fully saturated rings. The standard InChI is InChI=1S/C16H17FN2O2/c1-12-7-8-14(9-15(12)17)10-18-16(20)19-21-11-13-5-3-2-4-6-13/h2-9H,10-11H2,1H3,(H2,18,19,20). The fourth-order valence-corrected chi connectivity index (χ4v) is 1.72. The first-order valence-corrected chi connectivity index (χ1v) is 6.60. The molecule has 0 aliphatic carbocycles. The van der Waals surface area contributed by atoms with Crippen molar-refractivity contribution in [1.29, 1.82) is 0 Å². The lowest BCUT2D eigenvalue weighted by molar-refractivity contribution is 0.0490. The topological polar surface area (TPSA) is 50.4 Å². The molecule has 2 N–H and O–H groups in total. The van der Waals surface area contributed by atoms with Crippen LogP contribution in [0.2, 0.25) is 0 Å². The van der Waals surface area contributed by atoms with Crippen LogP contribution >= 0.6 is 0 Å². The van der Waals surface area contributed by atoms with Crippen molar-refractivity contribution in [3.63, 3.8) is 0 Å². The molecule has 0 radical (unpaired) electrons. The summed E-state index contributed by atoms with van der Waals surface area (Å²) in [6, 6.07) is 13.9. The third kappa shape index (κ3) is 4.89. The molecule has 21 heavy (non-hydrogen) atoms. The fourth-order valence-electron chi connectivity index (χ4n) is 1.72. The Labute approximate surface area is 122 Å². The lowest BCUT2D eigenvalue weighted by Gasteiger charge is -2.08. The Morgan fingerprint density at radius 2 is 1.90 bits per heavy atom. The first-order chi connectivity index (χ1) is 10.1. The highest BCUT2D eigenvalue weighted by atomic mass is 19.1. The number of hydroxylamine groups is 1. The minimum atomic E-state index is -0.466. The van der Waals surface area contributed by atoms with Gasteiger partial charge in [0.05, 0.1) is 6.61 Å². The molecule has 0 aromatic heterocycles. The van der Waals surface area contributed by atoms with E-state index in [9.17, 15) is 9.18 Å². The van der Waals surface area contributed by atoms with Crippen LogP contribution in [0, 0.1) is 12.7 Å². The molecular formula is C16H17FN2O2. The van der Waals surface area contributed by atoms with Gasteiger partial charge in [-0.15, -0.1) is 0 Å². The van der Waals surface area contributed by atoms with Crippen molar-refractivity contribution in [2.45, 2.75) is 20.1 Å². The average Bonchev–Trinajstić information content (AvgIpc) is 2.49. The van der Waals surface area contributed by atoms with Crippen molar-refractivity contribution in [3.05, 3.63) is 71.0 Å². The third-order valence-electron chi connectivity index (χ3n) is 2.94. The molecule has 2 amide bonds. The van der Waals surface area contributed by atoms with E-state index in [1.807, 2.05) is 30.3 Å². The van der Waals surface area contributed by atoms with Gasteiger partial charge in [0.2, 0.25) is 0 Å². The zero-order valence-electron chi connectivity index (χ0n) is 11.7. The second-order valence-electron chi connectivity index (χ2n) is 4.64. The molecule has 0 bridgehead atoms. The number of hydrogen-bond donors (Lipinski definition) is 2. The summed E-state index contributed by atoms with van der Waals surface area (Å²) < 4.78 is 13.3. The number of carbonyl (C=O) groups is 1. The van der Waals surface area contributed by atoms with Crippen molar-refractivity contribution < 1.29 is 14.0 Å². The molecule has 5 heteroatoms. The van der Waals surface area contributed by atoms with Crippen molar-refractivity contribution >= 4 is 6.03 Å². The van der Waals surface area contributed by atoms with Crippen LogP contribution in [0.1, 0.15) is 16.7 Å². The SMILES string of the molecule is Cc1ccc(CNC(=O)NOCc2ccccc2)cc1F. The fraction of sp³-hybridized carbons (Fsp3) is 0.188. The lowest BCUT2D eigenvalue weighted by Crippen LogP contribution is -2.34. The highest BCUT2D eigenvalue weighted by molar-refractivity contribution is 5.72. The minimum Gasteiger partial charge on any atom is -0.332 e. The normalized spacial score (nSPS) is 10.2. The molecule has 0 unspecified atom stereocenters. The zero-order valence-corrected chi connectivity index (χ0v) is 11.7. The van der Waals surface area contributed by atoms with E-state index >= 15 is 0 Å².